The lowest BCUT2D eigenvalue weighted by Gasteiger charge is -2.16. The van der Waals surface area contributed by atoms with Gasteiger partial charge < -0.3 is 4.74 Å². The predicted molar refractivity (Wildman–Crippen MR) is 79.3 cm³/mol. The van der Waals surface area contributed by atoms with Crippen molar-refractivity contribution < 1.29 is 14.3 Å². The van der Waals surface area contributed by atoms with Gasteiger partial charge in [0.05, 0.1) is 19.0 Å². The molecule has 0 N–H and O–H groups in total. The highest BCUT2D eigenvalue weighted by Crippen LogP contribution is 2.27. The zero-order chi connectivity index (χ0) is 16.4. The molecule has 0 amide bonds. The molecule has 1 aromatic carbocycles. The number of rotatable bonds is 3. The fourth-order valence-electron chi connectivity index (χ4n) is 2.22. The van der Waals surface area contributed by atoms with Gasteiger partial charge in [0.15, 0.2) is 5.76 Å². The second-order valence-corrected chi connectivity index (χ2v) is 4.55. The van der Waals surface area contributed by atoms with Crippen molar-refractivity contribution in [2.24, 2.45) is 5.11 Å². The number of allylic oxidation sites excluding steroid dienone is 2. The first-order chi connectivity index (χ1) is 11.2. The standard InChI is InChI=1S/C15H9N5O3/c1-23-15-12(19-20-16)13(21)11-10(14(15)22)17-7-9(18-11)8-5-3-2-4-6-8/h2-7H,1H3. The molecular formula is C15H9N5O3. The second kappa shape index (κ2) is 5.70. The molecule has 0 saturated carbocycles. The molecule has 0 spiro atoms. The van der Waals surface area contributed by atoms with Gasteiger partial charge in [-0.2, -0.15) is 0 Å². The molecule has 0 radical (unpaired) electrons. The number of nitrogens with zero attached hydrogens (tertiary/aromatic N) is 5. The van der Waals surface area contributed by atoms with Crippen LogP contribution in [0.25, 0.3) is 21.7 Å². The van der Waals surface area contributed by atoms with Crippen LogP contribution in [0.15, 0.2) is 53.1 Å². The maximum Gasteiger partial charge on any atom is 0.248 e. The fourth-order valence-corrected chi connectivity index (χ4v) is 2.22. The minimum Gasteiger partial charge on any atom is -0.492 e. The molecule has 1 aromatic heterocycles. The molecule has 3 rings (SSSR count). The number of methoxy groups -OCH3 is 1. The zero-order valence-corrected chi connectivity index (χ0v) is 11.9. The number of carbonyl (C=O) groups excluding carboxylic acids is 2. The minimum atomic E-state index is -0.695. The van der Waals surface area contributed by atoms with Crippen LogP contribution in [0.4, 0.5) is 0 Å². The number of Topliss-reactive ketones (excluding diaryl/α,β-unsaturated/α-hetero) is 2. The summed E-state index contributed by atoms with van der Waals surface area (Å²) in [5.41, 5.74) is 9.08. The van der Waals surface area contributed by atoms with Crippen molar-refractivity contribution in [1.29, 1.82) is 0 Å². The largest absolute Gasteiger partial charge is 0.492 e. The fraction of sp³-hybridized carbons (Fsp3) is 0.0667. The minimum absolute atomic E-state index is 0.122. The Bertz CT molecular complexity index is 899. The van der Waals surface area contributed by atoms with E-state index in [4.69, 9.17) is 10.3 Å². The normalized spacial score (nSPS) is 13.4. The van der Waals surface area contributed by atoms with Crippen LogP contribution in [0.5, 0.6) is 0 Å². The molecule has 0 bridgehead atoms. The molecule has 1 aliphatic carbocycles. The van der Waals surface area contributed by atoms with E-state index in [-0.39, 0.29) is 17.1 Å². The van der Waals surface area contributed by atoms with E-state index in [0.29, 0.717) is 5.69 Å². The van der Waals surface area contributed by atoms with Crippen molar-refractivity contribution in [2.75, 3.05) is 7.11 Å². The van der Waals surface area contributed by atoms with E-state index in [2.05, 4.69) is 20.0 Å². The number of ether oxygens (including phenoxy) is 1. The first kappa shape index (κ1) is 14.4. The summed E-state index contributed by atoms with van der Waals surface area (Å²) < 4.78 is 4.89. The zero-order valence-electron chi connectivity index (χ0n) is 11.9. The Kier molecular flexibility index (Phi) is 3.58. The Morgan fingerprint density at radius 1 is 1.13 bits per heavy atom. The average Bonchev–Trinajstić information content (AvgIpc) is 2.60. The number of fused-ring (bicyclic) bond motifs is 1. The van der Waals surface area contributed by atoms with Crippen molar-refractivity contribution in [3.05, 3.63) is 69.8 Å². The van der Waals surface area contributed by atoms with Crippen molar-refractivity contribution in [3.8, 4) is 11.3 Å². The average molecular weight is 307 g/mol. The molecule has 8 heteroatoms. The van der Waals surface area contributed by atoms with Crippen LogP contribution < -0.4 is 0 Å². The number of aromatic nitrogens is 2. The molecule has 0 saturated heterocycles. The Morgan fingerprint density at radius 3 is 2.52 bits per heavy atom. The number of ketones is 2. The summed E-state index contributed by atoms with van der Waals surface area (Å²) >= 11 is 0. The van der Waals surface area contributed by atoms with E-state index in [1.54, 1.807) is 12.1 Å². The van der Waals surface area contributed by atoms with Gasteiger partial charge in [-0.1, -0.05) is 35.4 Å². The third kappa shape index (κ3) is 2.33. The van der Waals surface area contributed by atoms with Gasteiger partial charge in [-0.25, -0.2) is 9.97 Å². The molecule has 8 nitrogen and oxygen atoms in total. The van der Waals surface area contributed by atoms with Crippen LogP contribution in [-0.2, 0) is 4.74 Å². The van der Waals surface area contributed by atoms with Gasteiger partial charge in [0, 0.05) is 10.5 Å². The smallest absolute Gasteiger partial charge is 0.248 e. The van der Waals surface area contributed by atoms with E-state index >= 15 is 0 Å². The van der Waals surface area contributed by atoms with Gasteiger partial charge in [0.1, 0.15) is 17.1 Å². The van der Waals surface area contributed by atoms with E-state index < -0.39 is 17.3 Å². The number of benzene rings is 1. The summed E-state index contributed by atoms with van der Waals surface area (Å²) in [5, 5.41) is 3.27. The molecule has 0 atom stereocenters. The van der Waals surface area contributed by atoms with E-state index in [9.17, 15) is 9.59 Å². The van der Waals surface area contributed by atoms with Gasteiger partial charge in [-0.15, -0.1) is 0 Å². The number of azide groups is 1. The van der Waals surface area contributed by atoms with E-state index in [1.165, 1.54) is 13.3 Å². The monoisotopic (exact) mass is 307 g/mol. The van der Waals surface area contributed by atoms with Crippen molar-refractivity contribution in [1.82, 2.24) is 9.97 Å². The molecule has 2 aromatic rings. The molecule has 112 valence electrons. The molecule has 0 unspecified atom stereocenters. The van der Waals surface area contributed by atoms with E-state index in [0.717, 1.165) is 5.56 Å². The van der Waals surface area contributed by atoms with E-state index in [1.807, 2.05) is 18.2 Å². The van der Waals surface area contributed by atoms with Crippen LogP contribution in [-0.4, -0.2) is 28.6 Å². The first-order valence-electron chi connectivity index (χ1n) is 6.52. The molecule has 0 aliphatic heterocycles. The van der Waals surface area contributed by atoms with Crippen molar-refractivity contribution in [2.45, 2.75) is 0 Å². The van der Waals surface area contributed by atoms with Crippen LogP contribution in [0.1, 0.15) is 21.0 Å². The summed E-state index contributed by atoms with van der Waals surface area (Å²) in [7, 11) is 1.21. The van der Waals surface area contributed by atoms with Gasteiger partial charge >= 0.3 is 0 Å². The second-order valence-electron chi connectivity index (χ2n) is 4.55. The lowest BCUT2D eigenvalue weighted by Crippen LogP contribution is -2.25. The third-order valence-corrected chi connectivity index (χ3v) is 3.26. The molecular weight excluding hydrogens is 298 g/mol. The predicted octanol–water partition coefficient (Wildman–Crippen LogP) is 2.69. The first-order valence-corrected chi connectivity index (χ1v) is 6.52. The van der Waals surface area contributed by atoms with Gasteiger partial charge in [0.25, 0.3) is 0 Å². The van der Waals surface area contributed by atoms with Crippen LogP contribution in [0.3, 0.4) is 0 Å². The van der Waals surface area contributed by atoms with Gasteiger partial charge in [-0.3, -0.25) is 9.59 Å². The summed E-state index contributed by atoms with van der Waals surface area (Å²) in [5.74, 6) is -1.67. The maximum absolute atomic E-state index is 12.4. The van der Waals surface area contributed by atoms with Crippen LogP contribution >= 0.6 is 0 Å². The Labute approximate surface area is 130 Å². The molecule has 1 heterocycles. The number of carbonyl (C=O) groups is 2. The van der Waals surface area contributed by atoms with Crippen LogP contribution in [0.2, 0.25) is 0 Å². The highest BCUT2D eigenvalue weighted by Gasteiger charge is 2.35. The number of hydrogen-bond acceptors (Lipinski definition) is 6. The quantitative estimate of drug-likeness (QED) is 0.490. The summed E-state index contributed by atoms with van der Waals surface area (Å²) in [6.07, 6.45) is 1.41. The Balaban J connectivity index is 2.19. The van der Waals surface area contributed by atoms with Gasteiger partial charge in [-0.05, 0) is 5.53 Å². The lowest BCUT2D eigenvalue weighted by molar-refractivity contribution is 0.0897. The Hall–Kier alpha value is -3.51. The van der Waals surface area contributed by atoms with Crippen molar-refractivity contribution >= 4 is 11.6 Å². The van der Waals surface area contributed by atoms with Crippen LogP contribution in [0, 0.1) is 0 Å². The van der Waals surface area contributed by atoms with Gasteiger partial charge in [0.2, 0.25) is 11.6 Å². The number of hydrogen-bond donors (Lipinski definition) is 0. The highest BCUT2D eigenvalue weighted by atomic mass is 16.5. The summed E-state index contributed by atoms with van der Waals surface area (Å²) in [6.45, 7) is 0. The highest BCUT2D eigenvalue weighted by molar-refractivity contribution is 6.24. The SMILES string of the molecule is COC1=C(N=[N+]=[N-])C(=O)c2nc(-c3ccccc3)cnc2C1=O. The molecule has 0 fully saturated rings. The van der Waals surface area contributed by atoms with Crippen molar-refractivity contribution in [3.63, 3.8) is 0 Å². The topological polar surface area (TPSA) is 118 Å². The Morgan fingerprint density at radius 2 is 1.87 bits per heavy atom. The summed E-state index contributed by atoms with van der Waals surface area (Å²) in [4.78, 5) is 35.6. The third-order valence-electron chi connectivity index (χ3n) is 3.26. The molecule has 23 heavy (non-hydrogen) atoms. The lowest BCUT2D eigenvalue weighted by atomic mass is 9.99. The summed E-state index contributed by atoms with van der Waals surface area (Å²) in [6, 6.07) is 9.08. The maximum atomic E-state index is 12.4. The molecule has 1 aliphatic rings.